The van der Waals surface area contributed by atoms with Gasteiger partial charge in [-0.05, 0) is 46.6 Å². The second-order valence-corrected chi connectivity index (χ2v) is 6.20. The molecule has 0 saturated carbocycles. The summed E-state index contributed by atoms with van der Waals surface area (Å²) in [6.45, 7) is -0.225. The Kier molecular flexibility index (Phi) is 5.45. The molecule has 0 radical (unpaired) electrons. The molecule has 2 aromatic rings. The molecule has 118 valence electrons. The second kappa shape index (κ2) is 6.97. The van der Waals surface area contributed by atoms with Crippen LogP contribution in [-0.4, -0.2) is 19.4 Å². The number of carbonyl (C=O) groups is 1. The van der Waals surface area contributed by atoms with Gasteiger partial charge in [-0.25, -0.2) is 4.09 Å². The number of hydrogen-bond donors (Lipinski definition) is 1. The number of rotatable bonds is 5. The first-order valence-electron chi connectivity index (χ1n) is 5.71. The normalized spacial score (nSPS) is 11.5. The summed E-state index contributed by atoms with van der Waals surface area (Å²) in [6, 6.07) is 5.59. The van der Waals surface area contributed by atoms with Crippen LogP contribution in [0.3, 0.4) is 0 Å². The molecule has 1 aromatic carbocycles. The summed E-state index contributed by atoms with van der Waals surface area (Å²) in [5, 5.41) is 3.84. The van der Waals surface area contributed by atoms with Crippen LogP contribution in [0, 0.1) is 0 Å². The first-order chi connectivity index (χ1) is 10.3. The average molecular weight is 413 g/mol. The maximum absolute atomic E-state index is 12.6. The van der Waals surface area contributed by atoms with Gasteiger partial charge in [0, 0.05) is 28.3 Å². The molecule has 1 aromatic heterocycles. The Hall–Kier alpha value is -1.13. The van der Waals surface area contributed by atoms with Crippen molar-refractivity contribution in [2.24, 2.45) is 0 Å². The molecule has 0 atom stereocenters. The summed E-state index contributed by atoms with van der Waals surface area (Å²) in [6.07, 6.45) is 1.51. The lowest BCUT2D eigenvalue weighted by atomic mass is 10.1. The maximum Gasteiger partial charge on any atom is 0.446 e. The standard InChI is InChI=1S/C12H8BrF3N2O2S2/c13-11(19)7-2-1-3-9(22-12(14,15)16)8(7)6-20-10-4-5-18(21)17-10/h1-5,21H,6H2. The van der Waals surface area contributed by atoms with Crippen molar-refractivity contribution >= 4 is 45.2 Å². The molecule has 0 aliphatic carbocycles. The number of thioether (sulfide) groups is 1. The van der Waals surface area contributed by atoms with E-state index >= 15 is 0 Å². The predicted molar refractivity (Wildman–Crippen MR) is 82.6 cm³/mol. The number of ether oxygens (including phenoxy) is 1. The molecule has 0 aliphatic heterocycles. The Morgan fingerprint density at radius 2 is 2.14 bits per heavy atom. The van der Waals surface area contributed by atoms with Crippen molar-refractivity contribution in [3.63, 3.8) is 0 Å². The largest absolute Gasteiger partial charge is 0.472 e. The van der Waals surface area contributed by atoms with Gasteiger partial charge in [0.2, 0.25) is 10.6 Å². The van der Waals surface area contributed by atoms with E-state index < -0.39 is 10.2 Å². The Morgan fingerprint density at radius 3 is 2.68 bits per heavy atom. The van der Waals surface area contributed by atoms with Crippen LogP contribution in [0.4, 0.5) is 13.2 Å². The van der Waals surface area contributed by atoms with Crippen LogP contribution in [-0.2, 0) is 6.61 Å². The SMILES string of the molecule is O=C(Br)c1cccc(SC(F)(F)F)c1COc1ccn(S)n1. The Balaban J connectivity index is 2.30. The molecule has 0 aliphatic rings. The molecule has 10 heteroatoms. The Bertz CT molecular complexity index is 691. The highest BCUT2D eigenvalue weighted by Crippen LogP contribution is 2.39. The zero-order valence-electron chi connectivity index (χ0n) is 10.7. The highest BCUT2D eigenvalue weighted by Gasteiger charge is 2.31. The molecule has 2 rings (SSSR count). The number of nitrogens with zero attached hydrogens (tertiary/aromatic N) is 2. The average Bonchev–Trinajstić information content (AvgIpc) is 2.81. The van der Waals surface area contributed by atoms with Gasteiger partial charge in [-0.15, -0.1) is 5.10 Å². The monoisotopic (exact) mass is 412 g/mol. The van der Waals surface area contributed by atoms with Crippen molar-refractivity contribution < 1.29 is 22.7 Å². The molecule has 1 heterocycles. The third-order valence-corrected chi connectivity index (χ3v) is 3.97. The molecule has 4 nitrogen and oxygen atoms in total. The minimum Gasteiger partial charge on any atom is -0.472 e. The number of alkyl halides is 3. The van der Waals surface area contributed by atoms with Gasteiger partial charge >= 0.3 is 5.51 Å². The lowest BCUT2D eigenvalue weighted by Gasteiger charge is -2.14. The van der Waals surface area contributed by atoms with Crippen molar-refractivity contribution in [2.75, 3.05) is 0 Å². The van der Waals surface area contributed by atoms with Crippen LogP contribution < -0.4 is 4.74 Å². The van der Waals surface area contributed by atoms with Crippen molar-refractivity contribution in [3.05, 3.63) is 41.6 Å². The lowest BCUT2D eigenvalue weighted by Crippen LogP contribution is -2.07. The van der Waals surface area contributed by atoms with E-state index in [1.54, 1.807) is 0 Å². The molecule has 0 fully saturated rings. The molecular weight excluding hydrogens is 405 g/mol. The quantitative estimate of drug-likeness (QED) is 0.451. The lowest BCUT2D eigenvalue weighted by molar-refractivity contribution is -0.0328. The molecule has 0 saturated heterocycles. The minimum absolute atomic E-state index is 0.0943. The topological polar surface area (TPSA) is 44.1 Å². The van der Waals surface area contributed by atoms with Gasteiger partial charge in [-0.1, -0.05) is 12.1 Å². The molecule has 0 unspecified atom stereocenters. The van der Waals surface area contributed by atoms with E-state index in [1.165, 1.54) is 34.5 Å². The fourth-order valence-corrected chi connectivity index (χ4v) is 2.85. The fourth-order valence-electron chi connectivity index (χ4n) is 1.64. The van der Waals surface area contributed by atoms with Crippen LogP contribution in [0.15, 0.2) is 35.4 Å². The third-order valence-electron chi connectivity index (χ3n) is 2.49. The fraction of sp³-hybridized carbons (Fsp3) is 0.167. The van der Waals surface area contributed by atoms with E-state index in [4.69, 9.17) is 4.74 Å². The summed E-state index contributed by atoms with van der Waals surface area (Å²) in [7, 11) is 0. The van der Waals surface area contributed by atoms with Gasteiger partial charge < -0.3 is 4.74 Å². The van der Waals surface area contributed by atoms with Crippen LogP contribution >= 0.6 is 40.5 Å². The van der Waals surface area contributed by atoms with Gasteiger partial charge in [0.15, 0.2) is 0 Å². The number of thiol groups is 1. The van der Waals surface area contributed by atoms with Crippen molar-refractivity contribution in [1.29, 1.82) is 0 Å². The zero-order chi connectivity index (χ0) is 16.3. The molecule has 22 heavy (non-hydrogen) atoms. The number of hydrogen-bond acceptors (Lipinski definition) is 5. The highest BCUT2D eigenvalue weighted by molar-refractivity contribution is 9.18. The van der Waals surface area contributed by atoms with Gasteiger partial charge in [0.05, 0.1) is 0 Å². The summed E-state index contributed by atoms with van der Waals surface area (Å²) >= 11 is 6.39. The first kappa shape index (κ1) is 17.2. The maximum atomic E-state index is 12.6. The summed E-state index contributed by atoms with van der Waals surface area (Å²) in [5.74, 6) is 0.190. The van der Waals surface area contributed by atoms with E-state index in [0.717, 1.165) is 0 Å². The summed E-state index contributed by atoms with van der Waals surface area (Å²) < 4.78 is 43.9. The van der Waals surface area contributed by atoms with Crippen molar-refractivity contribution in [1.82, 2.24) is 9.19 Å². The minimum atomic E-state index is -4.46. The number of carbonyl (C=O) groups excluding carboxylic acids is 1. The molecule has 0 bridgehead atoms. The predicted octanol–water partition coefficient (Wildman–Crippen LogP) is 4.30. The molecule has 0 amide bonds. The van der Waals surface area contributed by atoms with Gasteiger partial charge in [0.25, 0.3) is 0 Å². The van der Waals surface area contributed by atoms with Crippen molar-refractivity contribution in [3.8, 4) is 5.88 Å². The van der Waals surface area contributed by atoms with E-state index in [1.807, 2.05) is 0 Å². The number of aromatic nitrogens is 2. The molecular formula is C12H8BrF3N2O2S2. The van der Waals surface area contributed by atoms with Crippen LogP contribution in [0.5, 0.6) is 5.88 Å². The summed E-state index contributed by atoms with van der Waals surface area (Å²) in [5.41, 5.74) is -4.21. The van der Waals surface area contributed by atoms with Crippen LogP contribution in [0.25, 0.3) is 0 Å². The Labute approximate surface area is 141 Å². The van der Waals surface area contributed by atoms with Gasteiger partial charge in [-0.3, -0.25) is 4.79 Å². The number of halogens is 4. The second-order valence-electron chi connectivity index (χ2n) is 3.97. The van der Waals surface area contributed by atoms with E-state index in [0.29, 0.717) is 0 Å². The van der Waals surface area contributed by atoms with Crippen LogP contribution in [0.2, 0.25) is 0 Å². The van der Waals surface area contributed by atoms with E-state index in [9.17, 15) is 18.0 Å². The first-order valence-corrected chi connectivity index (χ1v) is 7.72. The van der Waals surface area contributed by atoms with Crippen LogP contribution in [0.1, 0.15) is 15.9 Å². The third kappa shape index (κ3) is 4.68. The van der Waals surface area contributed by atoms with Gasteiger partial charge in [0.1, 0.15) is 6.61 Å². The molecule has 0 spiro atoms. The van der Waals surface area contributed by atoms with E-state index in [-0.39, 0.29) is 40.3 Å². The van der Waals surface area contributed by atoms with Crippen molar-refractivity contribution in [2.45, 2.75) is 17.0 Å². The number of benzene rings is 1. The smallest absolute Gasteiger partial charge is 0.446 e. The Morgan fingerprint density at radius 1 is 1.41 bits per heavy atom. The highest BCUT2D eigenvalue weighted by atomic mass is 79.9. The summed E-state index contributed by atoms with van der Waals surface area (Å²) in [4.78, 5) is 11.4. The van der Waals surface area contributed by atoms with Gasteiger partial charge in [-0.2, -0.15) is 13.2 Å². The zero-order valence-corrected chi connectivity index (χ0v) is 14.0. The molecule has 0 N–H and O–H groups in total. The van der Waals surface area contributed by atoms with E-state index in [2.05, 4.69) is 33.8 Å².